The van der Waals surface area contributed by atoms with Crippen molar-refractivity contribution in [1.29, 1.82) is 5.26 Å². The Kier molecular flexibility index (Phi) is 5.44. The number of piperidine rings is 1. The Morgan fingerprint density at radius 1 is 1.20 bits per heavy atom. The lowest BCUT2D eigenvalue weighted by molar-refractivity contribution is -0.133. The normalized spacial score (nSPS) is 17.1. The SMILES string of the molecule is N#Cc1c[nH]c(C(=O)Nc2ccc(C3CC(=O)NC(=O)C3)cc2C2=CCCCC2)n1. The van der Waals surface area contributed by atoms with Crippen LogP contribution in [0.3, 0.4) is 0 Å². The van der Waals surface area contributed by atoms with Crippen molar-refractivity contribution in [3.63, 3.8) is 0 Å². The first-order valence-corrected chi connectivity index (χ1v) is 9.96. The molecule has 3 amide bonds. The lowest BCUT2D eigenvalue weighted by Gasteiger charge is -2.24. The number of nitrogens with one attached hydrogen (secondary N) is 3. The summed E-state index contributed by atoms with van der Waals surface area (Å²) >= 11 is 0. The molecule has 1 aromatic heterocycles. The average molecular weight is 403 g/mol. The number of allylic oxidation sites excluding steroid dienone is 2. The summed E-state index contributed by atoms with van der Waals surface area (Å²) in [6.07, 6.45) is 8.16. The molecular weight excluding hydrogens is 382 g/mol. The van der Waals surface area contributed by atoms with Gasteiger partial charge in [0.25, 0.3) is 5.91 Å². The number of aromatic nitrogens is 2. The van der Waals surface area contributed by atoms with Gasteiger partial charge in [-0.25, -0.2) is 4.98 Å². The van der Waals surface area contributed by atoms with Crippen molar-refractivity contribution in [2.75, 3.05) is 5.32 Å². The van der Waals surface area contributed by atoms with E-state index in [0.29, 0.717) is 5.69 Å². The van der Waals surface area contributed by atoms with Gasteiger partial charge in [0, 0.05) is 36.2 Å². The van der Waals surface area contributed by atoms with Gasteiger partial charge in [-0.3, -0.25) is 19.7 Å². The zero-order valence-electron chi connectivity index (χ0n) is 16.3. The molecule has 8 nitrogen and oxygen atoms in total. The number of carbonyl (C=O) groups is 3. The van der Waals surface area contributed by atoms with Gasteiger partial charge in [0.2, 0.25) is 11.8 Å². The number of imidazole rings is 1. The molecule has 0 spiro atoms. The molecule has 4 rings (SSSR count). The van der Waals surface area contributed by atoms with E-state index in [1.807, 2.05) is 24.3 Å². The van der Waals surface area contributed by atoms with Crippen molar-refractivity contribution < 1.29 is 14.4 Å². The number of aromatic amines is 1. The summed E-state index contributed by atoms with van der Waals surface area (Å²) in [5.74, 6) is -1.08. The molecule has 2 aliphatic rings. The molecular formula is C22H21N5O3. The molecule has 30 heavy (non-hydrogen) atoms. The Hall–Kier alpha value is -3.73. The maximum absolute atomic E-state index is 12.6. The number of anilines is 1. The average Bonchev–Trinajstić information content (AvgIpc) is 3.23. The highest BCUT2D eigenvalue weighted by Gasteiger charge is 2.27. The van der Waals surface area contributed by atoms with E-state index in [1.165, 1.54) is 6.20 Å². The number of nitrogens with zero attached hydrogens (tertiary/aromatic N) is 2. The van der Waals surface area contributed by atoms with E-state index in [2.05, 4.69) is 26.7 Å². The van der Waals surface area contributed by atoms with Crippen LogP contribution in [-0.4, -0.2) is 27.7 Å². The van der Waals surface area contributed by atoms with Gasteiger partial charge in [-0.15, -0.1) is 0 Å². The van der Waals surface area contributed by atoms with Crippen LogP contribution >= 0.6 is 0 Å². The first kappa shape index (κ1) is 19.6. The van der Waals surface area contributed by atoms with Crippen LogP contribution in [0.4, 0.5) is 5.69 Å². The van der Waals surface area contributed by atoms with Gasteiger partial charge in [0.1, 0.15) is 6.07 Å². The number of carbonyl (C=O) groups excluding carboxylic acids is 3. The summed E-state index contributed by atoms with van der Waals surface area (Å²) in [6, 6.07) is 7.52. The first-order chi connectivity index (χ1) is 14.5. The Bertz CT molecular complexity index is 1080. The second-order valence-electron chi connectivity index (χ2n) is 7.56. The topological polar surface area (TPSA) is 128 Å². The predicted molar refractivity (Wildman–Crippen MR) is 109 cm³/mol. The Morgan fingerprint density at radius 2 is 2.00 bits per heavy atom. The molecule has 3 N–H and O–H groups in total. The van der Waals surface area contributed by atoms with Crippen LogP contribution in [0, 0.1) is 11.3 Å². The van der Waals surface area contributed by atoms with Gasteiger partial charge in [-0.05, 0) is 49.0 Å². The number of amides is 3. The summed E-state index contributed by atoms with van der Waals surface area (Å²) in [7, 11) is 0. The van der Waals surface area contributed by atoms with Gasteiger partial charge >= 0.3 is 0 Å². The minimum absolute atomic E-state index is 0.0637. The second kappa shape index (κ2) is 8.33. The summed E-state index contributed by atoms with van der Waals surface area (Å²) < 4.78 is 0. The zero-order chi connectivity index (χ0) is 21.1. The molecule has 0 atom stereocenters. The number of imide groups is 1. The lowest BCUT2D eigenvalue weighted by atomic mass is 9.85. The molecule has 0 saturated carbocycles. The van der Waals surface area contributed by atoms with E-state index < -0.39 is 5.91 Å². The Balaban J connectivity index is 1.66. The summed E-state index contributed by atoms with van der Waals surface area (Å²) in [4.78, 5) is 42.9. The molecule has 152 valence electrons. The molecule has 1 aliphatic carbocycles. The van der Waals surface area contributed by atoms with Crippen molar-refractivity contribution in [3.8, 4) is 6.07 Å². The molecule has 1 saturated heterocycles. The van der Waals surface area contributed by atoms with Crippen LogP contribution in [0.15, 0.2) is 30.5 Å². The summed E-state index contributed by atoms with van der Waals surface area (Å²) in [6.45, 7) is 0. The van der Waals surface area contributed by atoms with E-state index in [-0.39, 0.29) is 42.1 Å². The third kappa shape index (κ3) is 4.15. The Morgan fingerprint density at radius 3 is 2.67 bits per heavy atom. The largest absolute Gasteiger partial charge is 0.339 e. The highest BCUT2D eigenvalue weighted by atomic mass is 16.2. The van der Waals surface area contributed by atoms with E-state index >= 15 is 0 Å². The quantitative estimate of drug-likeness (QED) is 0.676. The monoisotopic (exact) mass is 403 g/mol. The van der Waals surface area contributed by atoms with Crippen molar-refractivity contribution >= 4 is 29.0 Å². The highest BCUT2D eigenvalue weighted by Crippen LogP contribution is 2.36. The molecule has 0 unspecified atom stereocenters. The van der Waals surface area contributed by atoms with Crippen LogP contribution in [0.5, 0.6) is 0 Å². The second-order valence-corrected chi connectivity index (χ2v) is 7.56. The minimum Gasteiger partial charge on any atom is -0.339 e. The molecule has 8 heteroatoms. The van der Waals surface area contributed by atoms with Crippen LogP contribution in [-0.2, 0) is 9.59 Å². The number of rotatable bonds is 4. The predicted octanol–water partition coefficient (Wildman–Crippen LogP) is 3.01. The molecule has 0 radical (unpaired) electrons. The summed E-state index contributed by atoms with van der Waals surface area (Å²) in [5.41, 5.74) is 3.72. The molecule has 2 aromatic rings. The van der Waals surface area contributed by atoms with E-state index in [9.17, 15) is 14.4 Å². The van der Waals surface area contributed by atoms with Crippen LogP contribution in [0.1, 0.15) is 71.9 Å². The van der Waals surface area contributed by atoms with Gasteiger partial charge in [0.15, 0.2) is 11.5 Å². The molecule has 1 aliphatic heterocycles. The molecule has 0 bridgehead atoms. The number of H-pyrrole nitrogens is 1. The maximum atomic E-state index is 12.6. The first-order valence-electron chi connectivity index (χ1n) is 9.96. The van der Waals surface area contributed by atoms with Crippen LogP contribution in [0.2, 0.25) is 0 Å². The fourth-order valence-corrected chi connectivity index (χ4v) is 3.96. The summed E-state index contributed by atoms with van der Waals surface area (Å²) in [5, 5.41) is 14.1. The maximum Gasteiger partial charge on any atom is 0.291 e. The lowest BCUT2D eigenvalue weighted by Crippen LogP contribution is -2.37. The minimum atomic E-state index is -0.436. The molecule has 1 aromatic carbocycles. The van der Waals surface area contributed by atoms with Crippen LogP contribution < -0.4 is 10.6 Å². The number of hydrogen-bond acceptors (Lipinski definition) is 5. The van der Waals surface area contributed by atoms with Crippen LogP contribution in [0.25, 0.3) is 5.57 Å². The third-order valence-corrected chi connectivity index (χ3v) is 5.45. The van der Waals surface area contributed by atoms with Gasteiger partial charge in [-0.1, -0.05) is 12.1 Å². The zero-order valence-corrected chi connectivity index (χ0v) is 16.3. The van der Waals surface area contributed by atoms with Crippen molar-refractivity contribution in [1.82, 2.24) is 15.3 Å². The molecule has 2 heterocycles. The highest BCUT2D eigenvalue weighted by molar-refractivity contribution is 6.03. The standard InChI is InChI=1S/C22H21N5O3/c23-11-16-12-24-21(25-16)22(30)26-18-7-6-14(15-9-19(28)27-20(29)10-15)8-17(18)13-4-2-1-3-5-13/h4,6-8,12,15H,1-3,5,9-10H2,(H,24,25)(H,26,30)(H,27,28,29). The van der Waals surface area contributed by atoms with Crippen molar-refractivity contribution in [2.24, 2.45) is 0 Å². The molecule has 1 fully saturated rings. The fourth-order valence-electron chi connectivity index (χ4n) is 3.96. The Labute approximate surface area is 173 Å². The third-order valence-electron chi connectivity index (χ3n) is 5.45. The van der Waals surface area contributed by atoms with Gasteiger partial charge in [-0.2, -0.15) is 5.26 Å². The van der Waals surface area contributed by atoms with Gasteiger partial charge in [0.05, 0.1) is 0 Å². The van der Waals surface area contributed by atoms with E-state index in [0.717, 1.165) is 42.4 Å². The van der Waals surface area contributed by atoms with E-state index in [4.69, 9.17) is 5.26 Å². The number of hydrogen-bond donors (Lipinski definition) is 3. The fraction of sp³-hybridized carbons (Fsp3) is 0.318. The smallest absolute Gasteiger partial charge is 0.291 e. The van der Waals surface area contributed by atoms with Crippen molar-refractivity contribution in [3.05, 3.63) is 53.1 Å². The van der Waals surface area contributed by atoms with Crippen molar-refractivity contribution in [2.45, 2.75) is 44.4 Å². The number of benzene rings is 1. The van der Waals surface area contributed by atoms with Gasteiger partial charge < -0.3 is 10.3 Å². The van der Waals surface area contributed by atoms with E-state index in [1.54, 1.807) is 0 Å². The number of nitriles is 1.